The maximum Gasteiger partial charge on any atom is 0.0689 e. The van der Waals surface area contributed by atoms with Crippen LogP contribution in [0.4, 0.5) is 0 Å². The van der Waals surface area contributed by atoms with E-state index in [1.165, 1.54) is 103 Å². The van der Waals surface area contributed by atoms with Gasteiger partial charge in [-0.05, 0) is 99.2 Å². The minimum absolute atomic E-state index is 0.0366. The van der Waals surface area contributed by atoms with Gasteiger partial charge in [-0.3, -0.25) is 0 Å². The second kappa shape index (κ2) is 11.1. The number of rotatable bonds is 9. The minimum Gasteiger partial charge on any atom is -0.198 e. The van der Waals surface area contributed by atoms with Gasteiger partial charge in [0.05, 0.1) is 11.5 Å². The van der Waals surface area contributed by atoms with Crippen LogP contribution >= 0.6 is 0 Å². The molecule has 0 saturated heterocycles. The van der Waals surface area contributed by atoms with Crippen LogP contribution < -0.4 is 0 Å². The molecule has 4 saturated carbocycles. The van der Waals surface area contributed by atoms with E-state index >= 15 is 0 Å². The van der Waals surface area contributed by atoms with E-state index in [0.29, 0.717) is 0 Å². The Labute approximate surface area is 194 Å². The fourth-order valence-electron chi connectivity index (χ4n) is 9.24. The molecule has 1 heteroatoms. The van der Waals surface area contributed by atoms with Crippen LogP contribution in [0.5, 0.6) is 0 Å². The van der Waals surface area contributed by atoms with Gasteiger partial charge in [0.25, 0.3) is 0 Å². The number of hydrogen-bond acceptors (Lipinski definition) is 1. The lowest BCUT2D eigenvalue weighted by atomic mass is 9.48. The maximum atomic E-state index is 10.0. The Balaban J connectivity index is 1.35. The summed E-state index contributed by atoms with van der Waals surface area (Å²) in [6.45, 7) is 4.61. The highest BCUT2D eigenvalue weighted by Crippen LogP contribution is 2.60. The molecule has 0 aromatic rings. The van der Waals surface area contributed by atoms with Crippen molar-refractivity contribution < 1.29 is 0 Å². The van der Waals surface area contributed by atoms with Crippen LogP contribution in [0.2, 0.25) is 0 Å². The number of unbranched alkanes of at least 4 members (excludes halogenated alkanes) is 5. The van der Waals surface area contributed by atoms with E-state index in [1.807, 2.05) is 0 Å². The van der Waals surface area contributed by atoms with Crippen LogP contribution in [0.25, 0.3) is 0 Å². The second-order valence-corrected chi connectivity index (χ2v) is 12.4. The molecule has 8 atom stereocenters. The molecule has 176 valence electrons. The SMILES string of the molecule is CCCCCCCC1CCCC2C1CCC1C3CCC(C#N)(CCCC)CC3CCC21. The molecule has 0 aliphatic heterocycles. The van der Waals surface area contributed by atoms with Crippen molar-refractivity contribution in [1.29, 1.82) is 5.26 Å². The van der Waals surface area contributed by atoms with E-state index in [4.69, 9.17) is 0 Å². The summed E-state index contributed by atoms with van der Waals surface area (Å²) >= 11 is 0. The third-order valence-corrected chi connectivity index (χ3v) is 10.8. The van der Waals surface area contributed by atoms with Crippen molar-refractivity contribution in [3.8, 4) is 6.07 Å². The molecule has 4 aliphatic rings. The Morgan fingerprint density at radius 3 is 2.23 bits per heavy atom. The Kier molecular flexibility index (Phi) is 8.45. The lowest BCUT2D eigenvalue weighted by Gasteiger charge is -2.57. The predicted octanol–water partition coefficient (Wildman–Crippen LogP) is 9.32. The average Bonchev–Trinajstić information content (AvgIpc) is 2.82. The average molecular weight is 426 g/mol. The van der Waals surface area contributed by atoms with E-state index in [0.717, 1.165) is 41.4 Å². The third-order valence-electron chi connectivity index (χ3n) is 10.8. The third kappa shape index (κ3) is 5.20. The van der Waals surface area contributed by atoms with Crippen LogP contribution in [0.3, 0.4) is 0 Å². The van der Waals surface area contributed by atoms with Crippen LogP contribution in [0, 0.1) is 58.2 Å². The van der Waals surface area contributed by atoms with E-state index in [1.54, 1.807) is 19.3 Å². The quantitative estimate of drug-likeness (QED) is 0.337. The number of fused-ring (bicyclic) bond motifs is 5. The molecule has 0 spiro atoms. The molecule has 0 aromatic carbocycles. The van der Waals surface area contributed by atoms with Gasteiger partial charge in [-0.2, -0.15) is 5.26 Å². The van der Waals surface area contributed by atoms with Gasteiger partial charge < -0.3 is 0 Å². The zero-order valence-electron chi connectivity index (χ0n) is 20.9. The molecule has 4 fully saturated rings. The van der Waals surface area contributed by atoms with Crippen molar-refractivity contribution in [3.63, 3.8) is 0 Å². The molecular formula is C30H51N. The van der Waals surface area contributed by atoms with E-state index in [2.05, 4.69) is 19.9 Å². The molecule has 0 N–H and O–H groups in total. The predicted molar refractivity (Wildman–Crippen MR) is 132 cm³/mol. The molecule has 0 heterocycles. The fourth-order valence-corrected chi connectivity index (χ4v) is 9.24. The van der Waals surface area contributed by atoms with Gasteiger partial charge in [-0.25, -0.2) is 0 Å². The summed E-state index contributed by atoms with van der Waals surface area (Å²) in [5.74, 6) is 7.11. The van der Waals surface area contributed by atoms with E-state index in [9.17, 15) is 5.26 Å². The Bertz CT molecular complexity index is 590. The highest BCUT2D eigenvalue weighted by molar-refractivity contribution is 5.07. The van der Waals surface area contributed by atoms with Crippen molar-refractivity contribution >= 4 is 0 Å². The Morgan fingerprint density at radius 2 is 1.42 bits per heavy atom. The minimum atomic E-state index is 0.0366. The normalized spacial score (nSPS) is 42.2. The zero-order chi connectivity index (χ0) is 21.7. The van der Waals surface area contributed by atoms with Crippen LogP contribution in [0.1, 0.15) is 136 Å². The molecular weight excluding hydrogens is 374 g/mol. The summed E-state index contributed by atoms with van der Waals surface area (Å²) in [7, 11) is 0. The highest BCUT2D eigenvalue weighted by Gasteiger charge is 2.52. The first-order chi connectivity index (χ1) is 15.2. The smallest absolute Gasteiger partial charge is 0.0689 e. The standard InChI is InChI=1S/C30H51N/c1-3-5-7-8-9-11-23-12-10-13-27-25(23)16-17-28-26-18-20-30(22-31,19-6-4-2)21-24(26)14-15-29(27)28/h23-29H,3-21H2,1-2H3. The van der Waals surface area contributed by atoms with Gasteiger partial charge in [0.15, 0.2) is 0 Å². The summed E-state index contributed by atoms with van der Waals surface area (Å²) < 4.78 is 0. The van der Waals surface area contributed by atoms with Crippen molar-refractivity contribution in [2.75, 3.05) is 0 Å². The van der Waals surface area contributed by atoms with Crippen LogP contribution in [-0.4, -0.2) is 0 Å². The topological polar surface area (TPSA) is 23.8 Å². The first kappa shape index (κ1) is 23.6. The van der Waals surface area contributed by atoms with Gasteiger partial charge >= 0.3 is 0 Å². The molecule has 4 rings (SSSR count). The summed E-state index contributed by atoms with van der Waals surface area (Å²) in [6, 6.07) is 2.84. The fraction of sp³-hybridized carbons (Fsp3) is 0.967. The molecule has 4 aliphatic carbocycles. The molecule has 0 radical (unpaired) electrons. The van der Waals surface area contributed by atoms with Crippen molar-refractivity contribution in [1.82, 2.24) is 0 Å². The van der Waals surface area contributed by atoms with Crippen molar-refractivity contribution in [2.45, 2.75) is 136 Å². The van der Waals surface area contributed by atoms with E-state index < -0.39 is 0 Å². The van der Waals surface area contributed by atoms with Gasteiger partial charge in [0.2, 0.25) is 0 Å². The van der Waals surface area contributed by atoms with Crippen molar-refractivity contribution in [2.24, 2.45) is 46.8 Å². The number of nitriles is 1. The second-order valence-electron chi connectivity index (χ2n) is 12.4. The first-order valence-electron chi connectivity index (χ1n) is 14.6. The molecule has 1 nitrogen and oxygen atoms in total. The highest BCUT2D eigenvalue weighted by atomic mass is 14.6. The molecule has 0 aromatic heterocycles. The van der Waals surface area contributed by atoms with Gasteiger partial charge in [0.1, 0.15) is 0 Å². The van der Waals surface area contributed by atoms with Gasteiger partial charge in [-0.1, -0.05) is 78.1 Å². The maximum absolute atomic E-state index is 10.0. The van der Waals surface area contributed by atoms with Crippen LogP contribution in [0.15, 0.2) is 0 Å². The molecule has 31 heavy (non-hydrogen) atoms. The molecule has 0 bridgehead atoms. The monoisotopic (exact) mass is 425 g/mol. The van der Waals surface area contributed by atoms with Crippen LogP contribution in [-0.2, 0) is 0 Å². The lowest BCUT2D eigenvalue weighted by molar-refractivity contribution is -0.0718. The number of nitrogens with zero attached hydrogens (tertiary/aromatic N) is 1. The first-order valence-corrected chi connectivity index (χ1v) is 14.6. The summed E-state index contributed by atoms with van der Waals surface area (Å²) in [4.78, 5) is 0. The van der Waals surface area contributed by atoms with Crippen molar-refractivity contribution in [3.05, 3.63) is 0 Å². The zero-order valence-corrected chi connectivity index (χ0v) is 20.9. The van der Waals surface area contributed by atoms with Gasteiger partial charge in [-0.15, -0.1) is 0 Å². The summed E-state index contributed by atoms with van der Waals surface area (Å²) in [5.41, 5.74) is 0.0366. The number of hydrogen-bond donors (Lipinski definition) is 0. The largest absolute Gasteiger partial charge is 0.198 e. The Morgan fingerprint density at radius 1 is 0.710 bits per heavy atom. The van der Waals surface area contributed by atoms with Gasteiger partial charge in [0, 0.05) is 0 Å². The summed E-state index contributed by atoms with van der Waals surface area (Å²) in [5, 5.41) is 10.0. The Hall–Kier alpha value is -0.510. The lowest BCUT2D eigenvalue weighted by Crippen LogP contribution is -2.49. The molecule has 8 unspecified atom stereocenters. The molecule has 0 amide bonds. The van der Waals surface area contributed by atoms with E-state index in [-0.39, 0.29) is 5.41 Å². The summed E-state index contributed by atoms with van der Waals surface area (Å²) in [6.07, 6.45) is 26.9.